The number of carbonyl (C=O) groups excluding carboxylic acids is 1. The van der Waals surface area contributed by atoms with E-state index in [0.717, 1.165) is 49.4 Å². The van der Waals surface area contributed by atoms with Gasteiger partial charge in [0.15, 0.2) is 6.23 Å². The molecule has 7 nitrogen and oxygen atoms in total. The van der Waals surface area contributed by atoms with Gasteiger partial charge in [0, 0.05) is 44.1 Å². The summed E-state index contributed by atoms with van der Waals surface area (Å²) in [6, 6.07) is 9.20. The van der Waals surface area contributed by atoms with E-state index in [0.29, 0.717) is 23.7 Å². The van der Waals surface area contributed by atoms with Crippen LogP contribution in [0.5, 0.6) is 0 Å². The van der Waals surface area contributed by atoms with Gasteiger partial charge >= 0.3 is 0 Å². The Morgan fingerprint density at radius 1 is 1.22 bits per heavy atom. The summed E-state index contributed by atoms with van der Waals surface area (Å²) in [6.45, 7) is 6.61. The zero-order valence-electron chi connectivity index (χ0n) is 18.9. The number of pyridine rings is 1. The van der Waals surface area contributed by atoms with Gasteiger partial charge in [-0.15, -0.1) is 0 Å². The molecule has 0 bridgehead atoms. The lowest BCUT2D eigenvalue weighted by Gasteiger charge is -2.31. The molecule has 0 saturated carbocycles. The van der Waals surface area contributed by atoms with E-state index in [-0.39, 0.29) is 5.91 Å². The molecule has 1 amide bonds. The van der Waals surface area contributed by atoms with E-state index >= 15 is 0 Å². The first-order valence-electron chi connectivity index (χ1n) is 11.0. The third-order valence-corrected chi connectivity index (χ3v) is 6.63. The molecule has 4 rings (SSSR count). The Labute approximate surface area is 194 Å². The zero-order chi connectivity index (χ0) is 22.9. The Hall–Kier alpha value is -2.03. The zero-order valence-corrected chi connectivity index (χ0v) is 19.7. The second-order valence-corrected chi connectivity index (χ2v) is 9.43. The van der Waals surface area contributed by atoms with Crippen molar-refractivity contribution in [3.63, 3.8) is 0 Å². The summed E-state index contributed by atoms with van der Waals surface area (Å²) in [4.78, 5) is 23.9. The second-order valence-electron chi connectivity index (χ2n) is 9.00. The fourth-order valence-electron chi connectivity index (χ4n) is 4.59. The Morgan fingerprint density at radius 2 is 2.03 bits per heavy atom. The number of benzene rings is 1. The first-order valence-corrected chi connectivity index (χ1v) is 11.4. The van der Waals surface area contributed by atoms with E-state index in [4.69, 9.17) is 16.3 Å². The molecule has 3 heterocycles. The monoisotopic (exact) mass is 458 g/mol. The summed E-state index contributed by atoms with van der Waals surface area (Å²) in [5.74, 6) is -0.127. The highest BCUT2D eigenvalue weighted by atomic mass is 35.5. The number of nitrogens with zero attached hydrogens (tertiary/aromatic N) is 4. The van der Waals surface area contributed by atoms with Crippen LogP contribution in [0.1, 0.15) is 46.8 Å². The quantitative estimate of drug-likeness (QED) is 0.717. The van der Waals surface area contributed by atoms with Gasteiger partial charge < -0.3 is 19.6 Å². The molecule has 8 heteroatoms. The number of β-amino-alcohol motifs (C(OH)–C–C–N with tert-alkyl or cyclic N) is 1. The third-order valence-electron chi connectivity index (χ3n) is 6.40. The maximum atomic E-state index is 13.3. The number of hydrogen-bond donors (Lipinski definition) is 1. The number of aliphatic hydroxyl groups is 1. The summed E-state index contributed by atoms with van der Waals surface area (Å²) in [7, 11) is 3.72. The molecule has 0 radical (unpaired) electrons. The fraction of sp³-hybridized carbons (Fsp3) is 0.500. The minimum Gasteiger partial charge on any atom is -0.384 e. The van der Waals surface area contributed by atoms with Crippen LogP contribution in [0.15, 0.2) is 36.5 Å². The molecule has 2 unspecified atom stereocenters. The molecule has 1 aromatic carbocycles. The molecule has 0 aliphatic carbocycles. The van der Waals surface area contributed by atoms with E-state index in [1.165, 1.54) is 0 Å². The summed E-state index contributed by atoms with van der Waals surface area (Å²) < 4.78 is 5.66. The number of rotatable bonds is 6. The number of hydrogen-bond acceptors (Lipinski definition) is 6. The maximum Gasteiger partial charge on any atom is 0.256 e. The number of methoxy groups -OCH3 is 1. The second kappa shape index (κ2) is 9.45. The molecule has 2 atom stereocenters. The lowest BCUT2D eigenvalue weighted by molar-refractivity contribution is -0.0167. The minimum absolute atomic E-state index is 0.127. The molecule has 1 fully saturated rings. The Balaban J connectivity index is 1.54. The Kier molecular flexibility index (Phi) is 6.83. The lowest BCUT2D eigenvalue weighted by atomic mass is 9.92. The van der Waals surface area contributed by atoms with E-state index in [9.17, 15) is 9.90 Å². The van der Waals surface area contributed by atoms with Crippen molar-refractivity contribution in [1.82, 2.24) is 19.7 Å². The summed E-state index contributed by atoms with van der Waals surface area (Å²) in [5.41, 5.74) is 1.78. The van der Waals surface area contributed by atoms with Crippen LogP contribution >= 0.6 is 11.6 Å². The summed E-state index contributed by atoms with van der Waals surface area (Å²) >= 11 is 5.93. The van der Waals surface area contributed by atoms with E-state index < -0.39 is 11.8 Å². The van der Waals surface area contributed by atoms with E-state index in [1.54, 1.807) is 30.3 Å². The number of aromatic nitrogens is 1. The highest BCUT2D eigenvalue weighted by molar-refractivity contribution is 6.30. The van der Waals surface area contributed by atoms with E-state index in [1.807, 2.05) is 25.1 Å². The lowest BCUT2D eigenvalue weighted by Crippen LogP contribution is -2.40. The van der Waals surface area contributed by atoms with Crippen molar-refractivity contribution in [2.75, 3.05) is 46.9 Å². The first-order chi connectivity index (χ1) is 15.3. The van der Waals surface area contributed by atoms with Gasteiger partial charge in [0.1, 0.15) is 0 Å². The van der Waals surface area contributed by atoms with Crippen LogP contribution in [0.3, 0.4) is 0 Å². The molecule has 172 valence electrons. The predicted molar refractivity (Wildman–Crippen MR) is 123 cm³/mol. The van der Waals surface area contributed by atoms with Gasteiger partial charge in [-0.2, -0.15) is 0 Å². The Bertz CT molecular complexity index is 966. The predicted octanol–water partition coefficient (Wildman–Crippen LogP) is 2.88. The number of ether oxygens (including phenoxy) is 1. The number of carbonyl (C=O) groups is 1. The third kappa shape index (κ3) is 4.82. The van der Waals surface area contributed by atoms with Crippen molar-refractivity contribution in [2.24, 2.45) is 0 Å². The molecule has 2 aliphatic heterocycles. The van der Waals surface area contributed by atoms with Crippen LogP contribution in [0.2, 0.25) is 5.02 Å². The molecule has 32 heavy (non-hydrogen) atoms. The van der Waals surface area contributed by atoms with Crippen LogP contribution in [-0.4, -0.2) is 77.6 Å². The van der Waals surface area contributed by atoms with Crippen LogP contribution < -0.4 is 0 Å². The smallest absolute Gasteiger partial charge is 0.256 e. The van der Waals surface area contributed by atoms with Crippen LogP contribution in [-0.2, 0) is 16.9 Å². The maximum absolute atomic E-state index is 13.3. The van der Waals surface area contributed by atoms with Gasteiger partial charge in [0.25, 0.3) is 5.91 Å². The number of likely N-dealkylation sites (N-methyl/N-ethyl adjacent to an activating group) is 1. The molecule has 0 spiro atoms. The van der Waals surface area contributed by atoms with Gasteiger partial charge in [-0.05, 0) is 57.2 Å². The van der Waals surface area contributed by atoms with Gasteiger partial charge in [0.05, 0.1) is 22.9 Å². The Morgan fingerprint density at radius 3 is 2.75 bits per heavy atom. The average Bonchev–Trinajstić information content (AvgIpc) is 2.88. The average molecular weight is 459 g/mol. The topological polar surface area (TPSA) is 69.1 Å². The van der Waals surface area contributed by atoms with Crippen molar-refractivity contribution in [1.29, 1.82) is 0 Å². The minimum atomic E-state index is -1.06. The van der Waals surface area contributed by atoms with Crippen molar-refractivity contribution in [2.45, 2.75) is 31.7 Å². The standard InChI is InChI=1S/C24H31ClN4O3/c1-24(31,16-28-10-4-9-27(2)11-12-28)17-5-8-20-21(13-17)22(30)29(23(20)32-3)15-19-7-6-18(25)14-26-19/h5-8,13-14,23,31H,4,9-12,15-16H2,1-3H3. The van der Waals surface area contributed by atoms with Crippen molar-refractivity contribution in [3.8, 4) is 0 Å². The number of amides is 1. The molecule has 1 saturated heterocycles. The SMILES string of the molecule is COC1c2ccc(C(C)(O)CN3CCCN(C)CC3)cc2C(=O)N1Cc1ccc(Cl)cn1. The fourth-order valence-corrected chi connectivity index (χ4v) is 4.70. The highest BCUT2D eigenvalue weighted by Crippen LogP contribution is 2.37. The molecule has 2 aliphatic rings. The van der Waals surface area contributed by atoms with Crippen molar-refractivity contribution in [3.05, 3.63) is 63.9 Å². The van der Waals surface area contributed by atoms with Gasteiger partial charge in [-0.25, -0.2) is 0 Å². The number of fused-ring (bicyclic) bond motifs is 1. The molecular weight excluding hydrogens is 428 g/mol. The molecular formula is C24H31ClN4O3. The summed E-state index contributed by atoms with van der Waals surface area (Å²) in [6.07, 6.45) is 2.16. The van der Waals surface area contributed by atoms with Crippen LogP contribution in [0, 0.1) is 0 Å². The molecule has 1 aromatic heterocycles. The van der Waals surface area contributed by atoms with Gasteiger partial charge in [-0.3, -0.25) is 14.7 Å². The molecule has 1 N–H and O–H groups in total. The van der Waals surface area contributed by atoms with Gasteiger partial charge in [0.2, 0.25) is 0 Å². The van der Waals surface area contributed by atoms with Gasteiger partial charge in [-0.1, -0.05) is 23.7 Å². The van der Waals surface area contributed by atoms with Crippen LogP contribution in [0.4, 0.5) is 0 Å². The molecule has 2 aromatic rings. The summed E-state index contributed by atoms with van der Waals surface area (Å²) in [5, 5.41) is 11.9. The van der Waals surface area contributed by atoms with E-state index in [2.05, 4.69) is 21.8 Å². The highest BCUT2D eigenvalue weighted by Gasteiger charge is 2.39. The van der Waals surface area contributed by atoms with Crippen LogP contribution in [0.25, 0.3) is 0 Å². The number of halogens is 1. The van der Waals surface area contributed by atoms with Crippen molar-refractivity contribution < 1.29 is 14.6 Å². The van der Waals surface area contributed by atoms with Crippen molar-refractivity contribution >= 4 is 17.5 Å². The largest absolute Gasteiger partial charge is 0.384 e. The normalized spacial score (nSPS) is 22.0. The first kappa shape index (κ1) is 23.1.